The maximum Gasteiger partial charge on any atom is 0.245 e. The highest BCUT2D eigenvalue weighted by Gasteiger charge is 2.42. The molecule has 96 valence electrons. The second kappa shape index (κ2) is 4.64. The van der Waals surface area contributed by atoms with Crippen molar-refractivity contribution in [3.63, 3.8) is 0 Å². The van der Waals surface area contributed by atoms with E-state index in [0.717, 1.165) is 6.42 Å². The van der Waals surface area contributed by atoms with E-state index in [0.29, 0.717) is 32.6 Å². The number of hydrogen-bond donors (Lipinski definition) is 1. The van der Waals surface area contributed by atoms with Crippen LogP contribution >= 0.6 is 0 Å². The Balaban J connectivity index is 2.20. The second-order valence-electron chi connectivity index (χ2n) is 5.07. The molecule has 0 aromatic heterocycles. The van der Waals surface area contributed by atoms with Crippen molar-refractivity contribution in [1.29, 1.82) is 0 Å². The minimum Gasteiger partial charge on any atom is -0.379 e. The number of hydrogen-bond acceptors (Lipinski definition) is 3. The molecule has 2 aliphatic rings. The van der Waals surface area contributed by atoms with Gasteiger partial charge in [-0.15, -0.1) is 0 Å². The van der Waals surface area contributed by atoms with Crippen molar-refractivity contribution in [2.24, 2.45) is 0 Å². The van der Waals surface area contributed by atoms with Gasteiger partial charge >= 0.3 is 0 Å². The van der Waals surface area contributed by atoms with Crippen LogP contribution < -0.4 is 5.32 Å². The molecule has 0 radical (unpaired) electrons. The van der Waals surface area contributed by atoms with Gasteiger partial charge in [0.05, 0.1) is 12.1 Å². The molecular weight excluding hydrogens is 220 g/mol. The van der Waals surface area contributed by atoms with Gasteiger partial charge in [0.15, 0.2) is 0 Å². The van der Waals surface area contributed by atoms with E-state index < -0.39 is 0 Å². The minimum atomic E-state index is -0.373. The van der Waals surface area contributed by atoms with E-state index in [1.807, 2.05) is 18.7 Å². The number of nitrogens with zero attached hydrogens (tertiary/aromatic N) is 1. The number of rotatable bonds is 2. The lowest BCUT2D eigenvalue weighted by Gasteiger charge is -2.37. The van der Waals surface area contributed by atoms with Gasteiger partial charge in [0.25, 0.3) is 0 Å². The van der Waals surface area contributed by atoms with Gasteiger partial charge in [-0.2, -0.15) is 0 Å². The molecule has 2 aliphatic heterocycles. The molecule has 0 spiro atoms. The van der Waals surface area contributed by atoms with Crippen molar-refractivity contribution >= 4 is 11.8 Å². The van der Waals surface area contributed by atoms with Crippen LogP contribution in [0.3, 0.4) is 0 Å². The van der Waals surface area contributed by atoms with Gasteiger partial charge in [0.2, 0.25) is 11.8 Å². The van der Waals surface area contributed by atoms with Crippen LogP contribution in [0.2, 0.25) is 0 Å². The Kier molecular flexibility index (Phi) is 3.38. The van der Waals surface area contributed by atoms with Gasteiger partial charge in [0.1, 0.15) is 6.04 Å². The lowest BCUT2D eigenvalue weighted by atomic mass is 9.97. The maximum atomic E-state index is 12.4. The summed E-state index contributed by atoms with van der Waals surface area (Å²) in [6.45, 7) is 5.73. The summed E-state index contributed by atoms with van der Waals surface area (Å²) in [6.07, 6.45) is 1.87. The molecule has 2 saturated heterocycles. The van der Waals surface area contributed by atoms with E-state index in [-0.39, 0.29) is 23.4 Å². The van der Waals surface area contributed by atoms with Gasteiger partial charge in [-0.25, -0.2) is 0 Å². The van der Waals surface area contributed by atoms with Crippen LogP contribution in [0.4, 0.5) is 0 Å². The number of carbonyl (C=O) groups excluding carboxylic acids is 2. The molecule has 5 nitrogen and oxygen atoms in total. The molecule has 0 aromatic rings. The number of nitrogens with one attached hydrogen (secondary N) is 1. The van der Waals surface area contributed by atoms with Gasteiger partial charge in [-0.3, -0.25) is 9.59 Å². The number of amides is 2. The summed E-state index contributed by atoms with van der Waals surface area (Å²) in [4.78, 5) is 25.8. The Labute approximate surface area is 101 Å². The van der Waals surface area contributed by atoms with E-state index in [4.69, 9.17) is 4.74 Å². The van der Waals surface area contributed by atoms with Crippen molar-refractivity contribution in [3.05, 3.63) is 0 Å². The molecule has 2 amide bonds. The first-order chi connectivity index (χ1) is 8.07. The normalized spacial score (nSPS) is 34.7. The first kappa shape index (κ1) is 12.4. The lowest BCUT2D eigenvalue weighted by molar-refractivity contribution is -0.139. The quantitative estimate of drug-likeness (QED) is 0.755. The molecule has 0 aliphatic carbocycles. The van der Waals surface area contributed by atoms with E-state index in [9.17, 15) is 9.59 Å². The summed E-state index contributed by atoms with van der Waals surface area (Å²) in [6, 6.07) is -0.373. The minimum absolute atomic E-state index is 0.0322. The summed E-state index contributed by atoms with van der Waals surface area (Å²) >= 11 is 0. The van der Waals surface area contributed by atoms with Gasteiger partial charge in [0, 0.05) is 19.6 Å². The highest BCUT2D eigenvalue weighted by atomic mass is 16.5. The molecule has 17 heavy (non-hydrogen) atoms. The fourth-order valence-electron chi connectivity index (χ4n) is 2.52. The molecular formula is C12H20N2O3. The third-order valence-electron chi connectivity index (χ3n) is 3.72. The predicted octanol–water partition coefficient (Wildman–Crippen LogP) is 0.292. The van der Waals surface area contributed by atoms with Crippen LogP contribution in [-0.4, -0.2) is 48.1 Å². The average molecular weight is 240 g/mol. The molecule has 0 bridgehead atoms. The SMILES string of the molecule is CCC1NC(=O)CCN(C2(C)CCOC2)C1=O. The summed E-state index contributed by atoms with van der Waals surface area (Å²) in [5, 5.41) is 2.78. The monoisotopic (exact) mass is 240 g/mol. The molecule has 0 aromatic carbocycles. The zero-order valence-electron chi connectivity index (χ0n) is 10.5. The third-order valence-corrected chi connectivity index (χ3v) is 3.72. The first-order valence-electron chi connectivity index (χ1n) is 6.25. The molecule has 2 fully saturated rings. The zero-order valence-corrected chi connectivity index (χ0v) is 10.5. The fraction of sp³-hybridized carbons (Fsp3) is 0.833. The van der Waals surface area contributed by atoms with Crippen LogP contribution in [0, 0.1) is 0 Å². The second-order valence-corrected chi connectivity index (χ2v) is 5.07. The molecule has 2 atom stereocenters. The third kappa shape index (κ3) is 2.29. The summed E-state index contributed by atoms with van der Waals surface area (Å²) in [7, 11) is 0. The predicted molar refractivity (Wildman–Crippen MR) is 62.4 cm³/mol. The largest absolute Gasteiger partial charge is 0.379 e. The van der Waals surface area contributed by atoms with E-state index >= 15 is 0 Å². The lowest BCUT2D eigenvalue weighted by Crippen LogP contribution is -2.54. The molecule has 1 N–H and O–H groups in total. The van der Waals surface area contributed by atoms with E-state index in [2.05, 4.69) is 5.32 Å². The van der Waals surface area contributed by atoms with Gasteiger partial charge in [-0.1, -0.05) is 6.92 Å². The van der Waals surface area contributed by atoms with Gasteiger partial charge in [-0.05, 0) is 19.8 Å². The standard InChI is InChI=1S/C12H20N2O3/c1-3-9-11(16)14(6-4-10(15)13-9)12(2)5-7-17-8-12/h9H,3-8H2,1-2H3,(H,13,15). The first-order valence-corrected chi connectivity index (χ1v) is 6.25. The van der Waals surface area contributed by atoms with Crippen molar-refractivity contribution < 1.29 is 14.3 Å². The van der Waals surface area contributed by atoms with E-state index in [1.54, 1.807) is 0 Å². The van der Waals surface area contributed by atoms with Crippen molar-refractivity contribution in [2.75, 3.05) is 19.8 Å². The van der Waals surface area contributed by atoms with Crippen molar-refractivity contribution in [1.82, 2.24) is 10.2 Å². The molecule has 2 heterocycles. The summed E-state index contributed by atoms with van der Waals surface area (Å²) < 4.78 is 5.40. The van der Waals surface area contributed by atoms with Crippen molar-refractivity contribution in [2.45, 2.75) is 44.7 Å². The molecule has 5 heteroatoms. The van der Waals surface area contributed by atoms with Crippen LogP contribution in [0.15, 0.2) is 0 Å². The highest BCUT2D eigenvalue weighted by Crippen LogP contribution is 2.27. The Morgan fingerprint density at radius 2 is 2.29 bits per heavy atom. The average Bonchev–Trinajstić information content (AvgIpc) is 2.67. The molecule has 2 rings (SSSR count). The fourth-order valence-corrected chi connectivity index (χ4v) is 2.52. The zero-order chi connectivity index (χ0) is 12.5. The topological polar surface area (TPSA) is 58.6 Å². The summed E-state index contributed by atoms with van der Waals surface area (Å²) in [5.74, 6) is 0.00145. The van der Waals surface area contributed by atoms with Crippen LogP contribution in [0.1, 0.15) is 33.1 Å². The van der Waals surface area contributed by atoms with Gasteiger partial charge < -0.3 is 15.0 Å². The Hall–Kier alpha value is -1.10. The van der Waals surface area contributed by atoms with Crippen LogP contribution in [0.5, 0.6) is 0 Å². The number of ether oxygens (including phenoxy) is 1. The summed E-state index contributed by atoms with van der Waals surface area (Å²) in [5.41, 5.74) is -0.239. The number of carbonyl (C=O) groups is 2. The smallest absolute Gasteiger partial charge is 0.245 e. The Morgan fingerprint density at radius 1 is 1.53 bits per heavy atom. The molecule has 2 unspecified atom stereocenters. The highest BCUT2D eigenvalue weighted by molar-refractivity contribution is 5.90. The van der Waals surface area contributed by atoms with Crippen molar-refractivity contribution in [3.8, 4) is 0 Å². The van der Waals surface area contributed by atoms with Crippen LogP contribution in [-0.2, 0) is 14.3 Å². The maximum absolute atomic E-state index is 12.4. The molecule has 0 saturated carbocycles. The Morgan fingerprint density at radius 3 is 2.88 bits per heavy atom. The Bertz CT molecular complexity index is 324. The van der Waals surface area contributed by atoms with Crippen LogP contribution in [0.25, 0.3) is 0 Å². The van der Waals surface area contributed by atoms with E-state index in [1.165, 1.54) is 0 Å².